The lowest BCUT2D eigenvalue weighted by molar-refractivity contribution is -0.141. The fourth-order valence-corrected chi connectivity index (χ4v) is 3.79. The summed E-state index contributed by atoms with van der Waals surface area (Å²) in [6, 6.07) is 3.80. The molecule has 0 spiro atoms. The van der Waals surface area contributed by atoms with Crippen LogP contribution in [0.5, 0.6) is 0 Å². The van der Waals surface area contributed by atoms with Gasteiger partial charge in [0.25, 0.3) is 0 Å². The second-order valence-electron chi connectivity index (χ2n) is 5.03. The largest absolute Gasteiger partial charge is 0.433 e. The number of aromatic nitrogens is 1. The van der Waals surface area contributed by atoms with E-state index in [9.17, 15) is 17.4 Å². The standard InChI is InChI=1S/C13H14F3N3OS/c1-8-6-19(7-9(2)21(8)20)12-10(5-17)3-4-11(18-12)13(14,15)16/h3-4,8-9H,6-7H2,1-2H3. The van der Waals surface area contributed by atoms with Crippen molar-refractivity contribution in [3.63, 3.8) is 0 Å². The number of alkyl halides is 3. The van der Waals surface area contributed by atoms with Gasteiger partial charge in [-0.15, -0.1) is 0 Å². The van der Waals surface area contributed by atoms with Crippen LogP contribution in [0.15, 0.2) is 12.1 Å². The summed E-state index contributed by atoms with van der Waals surface area (Å²) in [4.78, 5) is 5.23. The fourth-order valence-electron chi connectivity index (χ4n) is 2.35. The van der Waals surface area contributed by atoms with Crippen LogP contribution in [0, 0.1) is 11.3 Å². The quantitative estimate of drug-likeness (QED) is 0.797. The van der Waals surface area contributed by atoms with Gasteiger partial charge in [-0.25, -0.2) is 4.98 Å². The van der Waals surface area contributed by atoms with Gasteiger partial charge in [-0.2, -0.15) is 18.4 Å². The van der Waals surface area contributed by atoms with Gasteiger partial charge in [0, 0.05) is 34.4 Å². The maximum atomic E-state index is 12.8. The van der Waals surface area contributed by atoms with Crippen molar-refractivity contribution in [3.05, 3.63) is 23.4 Å². The van der Waals surface area contributed by atoms with Gasteiger partial charge < -0.3 is 4.90 Å². The molecule has 0 saturated carbocycles. The number of nitrogens with zero attached hydrogens (tertiary/aromatic N) is 3. The minimum absolute atomic E-state index is 0.0164. The highest BCUT2D eigenvalue weighted by Gasteiger charge is 2.35. The van der Waals surface area contributed by atoms with Gasteiger partial charge >= 0.3 is 6.18 Å². The molecule has 4 nitrogen and oxygen atoms in total. The Hall–Kier alpha value is -1.62. The van der Waals surface area contributed by atoms with Gasteiger partial charge in [-0.05, 0) is 26.0 Å². The van der Waals surface area contributed by atoms with Crippen molar-refractivity contribution in [1.29, 1.82) is 5.26 Å². The average molecular weight is 317 g/mol. The molecule has 0 N–H and O–H groups in total. The van der Waals surface area contributed by atoms with E-state index in [0.717, 1.165) is 12.1 Å². The van der Waals surface area contributed by atoms with E-state index in [1.54, 1.807) is 18.7 Å². The zero-order valence-corrected chi connectivity index (χ0v) is 12.3. The third-order valence-electron chi connectivity index (χ3n) is 3.33. The molecule has 0 amide bonds. The van der Waals surface area contributed by atoms with E-state index in [2.05, 4.69) is 4.98 Å². The molecule has 1 fully saturated rings. The molecule has 0 bridgehead atoms. The Balaban J connectivity index is 2.43. The highest BCUT2D eigenvalue weighted by Crippen LogP contribution is 2.31. The van der Waals surface area contributed by atoms with E-state index in [-0.39, 0.29) is 21.9 Å². The molecule has 1 aromatic rings. The van der Waals surface area contributed by atoms with Crippen LogP contribution in [-0.2, 0) is 17.0 Å². The molecule has 1 aliphatic heterocycles. The van der Waals surface area contributed by atoms with Crippen molar-refractivity contribution in [2.24, 2.45) is 0 Å². The minimum atomic E-state index is -4.56. The van der Waals surface area contributed by atoms with Crippen molar-refractivity contribution < 1.29 is 17.4 Å². The Morgan fingerprint density at radius 1 is 1.33 bits per heavy atom. The molecular weight excluding hydrogens is 303 g/mol. The second-order valence-corrected chi connectivity index (χ2v) is 7.30. The summed E-state index contributed by atoms with van der Waals surface area (Å²) in [5.74, 6) is 0.0164. The Bertz CT molecular complexity index is 598. The fraction of sp³-hybridized carbons (Fsp3) is 0.538. The van der Waals surface area contributed by atoms with Crippen LogP contribution in [-0.4, -0.2) is 32.8 Å². The molecule has 21 heavy (non-hydrogen) atoms. The van der Waals surface area contributed by atoms with Crippen molar-refractivity contribution in [2.75, 3.05) is 18.0 Å². The van der Waals surface area contributed by atoms with Crippen LogP contribution < -0.4 is 4.90 Å². The summed E-state index contributed by atoms with van der Waals surface area (Å²) in [7, 11) is -1.03. The van der Waals surface area contributed by atoms with Gasteiger partial charge in [0.1, 0.15) is 17.6 Å². The summed E-state index contributed by atoms with van der Waals surface area (Å²) < 4.78 is 50.2. The third kappa shape index (κ3) is 3.18. The topological polar surface area (TPSA) is 57.0 Å². The first-order valence-electron chi connectivity index (χ1n) is 6.36. The van der Waals surface area contributed by atoms with Crippen molar-refractivity contribution in [3.8, 4) is 6.07 Å². The van der Waals surface area contributed by atoms with Gasteiger partial charge in [0.2, 0.25) is 0 Å². The van der Waals surface area contributed by atoms with Crippen LogP contribution in [0.1, 0.15) is 25.1 Å². The summed E-state index contributed by atoms with van der Waals surface area (Å²) >= 11 is 0. The van der Waals surface area contributed by atoms with E-state index in [1.165, 1.54) is 0 Å². The molecule has 0 aliphatic carbocycles. The number of rotatable bonds is 1. The molecule has 2 rings (SSSR count). The number of anilines is 1. The van der Waals surface area contributed by atoms with Crippen LogP contribution in [0.3, 0.4) is 0 Å². The third-order valence-corrected chi connectivity index (χ3v) is 5.22. The summed E-state index contributed by atoms with van der Waals surface area (Å²) in [6.07, 6.45) is -4.56. The Kier molecular flexibility index (Phi) is 4.23. The number of pyridine rings is 1. The predicted molar refractivity (Wildman–Crippen MR) is 73.2 cm³/mol. The lowest BCUT2D eigenvalue weighted by atomic mass is 10.2. The summed E-state index contributed by atoms with van der Waals surface area (Å²) in [5, 5.41) is 8.70. The Labute approximate surface area is 123 Å². The number of halogens is 3. The zero-order valence-electron chi connectivity index (χ0n) is 11.5. The van der Waals surface area contributed by atoms with Crippen LogP contribution in [0.2, 0.25) is 0 Å². The molecule has 0 radical (unpaired) electrons. The van der Waals surface area contributed by atoms with E-state index in [4.69, 9.17) is 5.26 Å². The van der Waals surface area contributed by atoms with E-state index >= 15 is 0 Å². The van der Waals surface area contributed by atoms with Crippen LogP contribution >= 0.6 is 0 Å². The average Bonchev–Trinajstić information content (AvgIpc) is 2.42. The molecule has 2 atom stereocenters. The number of hydrogen-bond acceptors (Lipinski definition) is 4. The highest BCUT2D eigenvalue weighted by molar-refractivity contribution is 7.86. The maximum Gasteiger partial charge on any atom is 0.433 e. The second kappa shape index (κ2) is 5.64. The lowest BCUT2D eigenvalue weighted by Crippen LogP contribution is -2.48. The smallest absolute Gasteiger partial charge is 0.353 e. The van der Waals surface area contributed by atoms with E-state index in [0.29, 0.717) is 13.1 Å². The first kappa shape index (κ1) is 15.8. The van der Waals surface area contributed by atoms with Crippen LogP contribution in [0.25, 0.3) is 0 Å². The molecule has 1 aromatic heterocycles. The Morgan fingerprint density at radius 3 is 2.38 bits per heavy atom. The van der Waals surface area contributed by atoms with E-state index in [1.807, 2.05) is 6.07 Å². The SMILES string of the molecule is CC1CN(c2nc(C(F)(F)F)ccc2C#N)CC(C)S1=O. The predicted octanol–water partition coefficient (Wildman–Crippen LogP) is 2.32. The Morgan fingerprint density at radius 2 is 1.90 bits per heavy atom. The summed E-state index contributed by atoms with van der Waals surface area (Å²) in [5.41, 5.74) is -0.932. The first-order chi connectivity index (χ1) is 9.74. The lowest BCUT2D eigenvalue weighted by Gasteiger charge is -2.35. The van der Waals surface area contributed by atoms with Crippen molar-refractivity contribution in [1.82, 2.24) is 4.98 Å². The van der Waals surface area contributed by atoms with E-state index < -0.39 is 22.7 Å². The van der Waals surface area contributed by atoms with Crippen LogP contribution in [0.4, 0.5) is 19.0 Å². The highest BCUT2D eigenvalue weighted by atomic mass is 32.2. The molecule has 1 saturated heterocycles. The molecule has 2 heterocycles. The molecule has 0 aromatic carbocycles. The maximum absolute atomic E-state index is 12.8. The monoisotopic (exact) mass is 317 g/mol. The van der Waals surface area contributed by atoms with Gasteiger partial charge in [0.15, 0.2) is 0 Å². The van der Waals surface area contributed by atoms with Gasteiger partial charge in [0.05, 0.1) is 5.56 Å². The molecule has 1 aliphatic rings. The normalized spacial score (nSPS) is 26.5. The molecule has 8 heteroatoms. The molecule has 114 valence electrons. The number of nitriles is 1. The summed E-state index contributed by atoms with van der Waals surface area (Å²) in [6.45, 7) is 4.19. The van der Waals surface area contributed by atoms with Crippen molar-refractivity contribution >= 4 is 16.6 Å². The zero-order chi connectivity index (χ0) is 15.8. The first-order valence-corrected chi connectivity index (χ1v) is 7.64. The van der Waals surface area contributed by atoms with Crippen molar-refractivity contribution in [2.45, 2.75) is 30.5 Å². The molecular formula is C13H14F3N3OS. The van der Waals surface area contributed by atoms with Gasteiger partial charge in [-0.1, -0.05) is 0 Å². The molecule has 2 unspecified atom stereocenters. The minimum Gasteiger partial charge on any atom is -0.353 e. The van der Waals surface area contributed by atoms with Gasteiger partial charge in [-0.3, -0.25) is 4.21 Å². The number of hydrogen-bond donors (Lipinski definition) is 0.